The molecule has 0 aromatic heterocycles. The van der Waals surface area contributed by atoms with Crippen molar-refractivity contribution in [3.05, 3.63) is 0 Å². The molecule has 3 aliphatic rings. The van der Waals surface area contributed by atoms with Crippen molar-refractivity contribution in [1.29, 1.82) is 0 Å². The van der Waals surface area contributed by atoms with E-state index < -0.39 is 102 Å². The predicted octanol–water partition coefficient (Wildman–Crippen LogP) is -4.53. The van der Waals surface area contributed by atoms with Gasteiger partial charge in [-0.05, 0) is 50.9 Å². The van der Waals surface area contributed by atoms with Gasteiger partial charge in [0.05, 0.1) is 12.4 Å². The standard InChI is InChI=1S/C37H63N15O9S3/c1-19(2)13-23-32(58)48-21(7-4-10-43-36(39)40)30(56)45-14-28(54)47-24(29(38)55)15-63-64-16-25(46-20(3)53)34(60)52-18-62-17-27(52)35(61)51-12-6-9-26(51)33(59)49-22(31(57)50-23)8-5-11-44-37(41)42/h19,21-27H,4-18H2,1-3H3,(H2,38,55)(H,45,56)(H,46,53)(H,47,54)(H,48,58)(H,49,59)(H,50,57)(H4,39,40,43)(H4,41,42,44)/t21-,22-,23-,24-,25+,26-,27-/m0/s1. The van der Waals surface area contributed by atoms with E-state index in [1.807, 2.05) is 13.8 Å². The molecular formula is C37H63N15O9S3. The Balaban J connectivity index is 2.02. The molecular weight excluding hydrogens is 895 g/mol. The smallest absolute Gasteiger partial charge is 0.247 e. The molecule has 3 aliphatic heterocycles. The molecule has 0 saturated carbocycles. The molecule has 3 rings (SSSR count). The number of carbonyl (C=O) groups is 9. The topological polar surface area (TPSA) is 387 Å². The third-order valence-electron chi connectivity index (χ3n) is 10.1. The number of rotatable bonds is 12. The van der Waals surface area contributed by atoms with Crippen LogP contribution in [0.2, 0.25) is 0 Å². The summed E-state index contributed by atoms with van der Waals surface area (Å²) in [5.41, 5.74) is 27.5. The number of nitrogens with one attached hydrogen (secondary N) is 6. The van der Waals surface area contributed by atoms with Gasteiger partial charge in [0.1, 0.15) is 42.3 Å². The number of hydrogen-bond donors (Lipinski definition) is 11. The van der Waals surface area contributed by atoms with Gasteiger partial charge in [-0.15, -0.1) is 11.8 Å². The largest absolute Gasteiger partial charge is 0.370 e. The van der Waals surface area contributed by atoms with E-state index in [0.29, 0.717) is 6.42 Å². The van der Waals surface area contributed by atoms with E-state index in [2.05, 4.69) is 41.9 Å². The second-order valence-electron chi connectivity index (χ2n) is 15.8. The number of aliphatic imine (C=N–C) groups is 2. The van der Waals surface area contributed by atoms with Crippen LogP contribution in [0.25, 0.3) is 0 Å². The van der Waals surface area contributed by atoms with Crippen LogP contribution in [0.15, 0.2) is 9.98 Å². The van der Waals surface area contributed by atoms with Gasteiger partial charge < -0.3 is 70.4 Å². The Morgan fingerprint density at radius 3 is 1.91 bits per heavy atom. The number of nitrogens with two attached hydrogens (primary N) is 5. The molecule has 16 N–H and O–H groups in total. The summed E-state index contributed by atoms with van der Waals surface area (Å²) in [6.07, 6.45) is 1.35. The average molecular weight is 958 g/mol. The van der Waals surface area contributed by atoms with Crippen molar-refractivity contribution >= 4 is 98.4 Å². The molecule has 0 bridgehead atoms. The normalized spacial score (nSPS) is 26.1. The SMILES string of the molecule is CC(=O)N[C@@H]1CSSC[C@@H](C(N)=O)NC(=O)CNC(=O)[C@H](CCCN=C(N)N)NC(=O)[C@H](CC(C)C)NC(=O)[C@H](CCCN=C(N)N)NC(=O)[C@@H]2CCCN2C(=O)[C@@H]2CSCN2C1=O. The first-order chi connectivity index (χ1) is 30.3. The van der Waals surface area contributed by atoms with Crippen molar-refractivity contribution in [2.75, 3.05) is 49.3 Å². The van der Waals surface area contributed by atoms with Crippen LogP contribution in [-0.2, 0) is 43.2 Å². The van der Waals surface area contributed by atoms with Crippen molar-refractivity contribution < 1.29 is 43.2 Å². The van der Waals surface area contributed by atoms with Crippen molar-refractivity contribution in [2.24, 2.45) is 44.6 Å². The van der Waals surface area contributed by atoms with Crippen LogP contribution in [0, 0.1) is 5.92 Å². The lowest BCUT2D eigenvalue weighted by Gasteiger charge is -2.33. The molecule has 0 spiro atoms. The number of amides is 9. The molecule has 0 radical (unpaired) electrons. The highest BCUT2D eigenvalue weighted by Crippen LogP contribution is 2.29. The first kappa shape index (κ1) is 53.2. The minimum absolute atomic E-state index is 0.00939. The molecule has 0 aromatic rings. The molecule has 7 atom stereocenters. The minimum Gasteiger partial charge on any atom is -0.370 e. The quantitative estimate of drug-likeness (QED) is 0.0380. The molecule has 0 aliphatic carbocycles. The Hall–Kier alpha value is -5.18. The zero-order valence-corrected chi connectivity index (χ0v) is 38.7. The number of nitrogens with zero attached hydrogens (tertiary/aromatic N) is 4. The third kappa shape index (κ3) is 17.4. The fraction of sp³-hybridized carbons (Fsp3) is 0.703. The average Bonchev–Trinajstić information content (AvgIpc) is 3.92. The number of fused-ring (bicyclic) bond motifs is 2. The lowest BCUT2D eigenvalue weighted by Crippen LogP contribution is -2.59. The van der Waals surface area contributed by atoms with Crippen LogP contribution in [-0.4, -0.2) is 166 Å². The maximum absolute atomic E-state index is 14.2. The molecule has 0 aromatic carbocycles. The van der Waals surface area contributed by atoms with E-state index in [-0.39, 0.29) is 99.1 Å². The van der Waals surface area contributed by atoms with E-state index in [0.717, 1.165) is 21.6 Å². The highest BCUT2D eigenvalue weighted by atomic mass is 33.1. The maximum Gasteiger partial charge on any atom is 0.247 e. The van der Waals surface area contributed by atoms with Crippen molar-refractivity contribution in [1.82, 2.24) is 41.7 Å². The van der Waals surface area contributed by atoms with Crippen LogP contribution in [0.5, 0.6) is 0 Å². The Morgan fingerprint density at radius 2 is 1.31 bits per heavy atom. The predicted molar refractivity (Wildman–Crippen MR) is 244 cm³/mol. The fourth-order valence-corrected chi connectivity index (χ4v) is 10.5. The van der Waals surface area contributed by atoms with Gasteiger partial charge in [-0.25, -0.2) is 0 Å². The van der Waals surface area contributed by atoms with E-state index in [1.54, 1.807) is 0 Å². The molecule has 64 heavy (non-hydrogen) atoms. The number of hydrogen-bond acceptors (Lipinski definition) is 14. The van der Waals surface area contributed by atoms with Crippen molar-refractivity contribution in [2.45, 2.75) is 108 Å². The number of thioether (sulfide) groups is 1. The summed E-state index contributed by atoms with van der Waals surface area (Å²) in [6, 6.07) is -7.92. The summed E-state index contributed by atoms with van der Waals surface area (Å²) in [7, 11) is 2.22. The minimum atomic E-state index is -1.24. The highest BCUT2D eigenvalue weighted by Gasteiger charge is 2.44. The molecule has 0 unspecified atom stereocenters. The first-order valence-corrected chi connectivity index (χ1v) is 24.5. The second kappa shape index (κ2) is 26.6. The zero-order chi connectivity index (χ0) is 47.5. The monoisotopic (exact) mass is 957 g/mol. The van der Waals surface area contributed by atoms with Crippen molar-refractivity contribution in [3.63, 3.8) is 0 Å². The molecule has 3 fully saturated rings. The van der Waals surface area contributed by atoms with Gasteiger partial charge >= 0.3 is 0 Å². The lowest BCUT2D eigenvalue weighted by atomic mass is 10.0. The van der Waals surface area contributed by atoms with Gasteiger partial charge in [0, 0.05) is 43.8 Å². The summed E-state index contributed by atoms with van der Waals surface area (Å²) < 4.78 is 0. The summed E-state index contributed by atoms with van der Waals surface area (Å²) in [4.78, 5) is 132. The van der Waals surface area contributed by atoms with Gasteiger partial charge in [-0.3, -0.25) is 53.1 Å². The molecule has 27 heteroatoms. The molecule has 3 saturated heterocycles. The summed E-state index contributed by atoms with van der Waals surface area (Å²) in [5.74, 6) is -6.17. The van der Waals surface area contributed by atoms with Crippen LogP contribution < -0.4 is 60.6 Å². The van der Waals surface area contributed by atoms with E-state index >= 15 is 0 Å². The molecule has 9 amide bonds. The number of carbonyl (C=O) groups excluding carboxylic acids is 9. The van der Waals surface area contributed by atoms with Gasteiger partial charge in [0.25, 0.3) is 0 Å². The fourth-order valence-electron chi connectivity index (χ4n) is 7.00. The van der Waals surface area contributed by atoms with Gasteiger partial charge in [-0.1, -0.05) is 35.4 Å². The third-order valence-corrected chi connectivity index (χ3v) is 13.5. The Morgan fingerprint density at radius 1 is 0.734 bits per heavy atom. The first-order valence-electron chi connectivity index (χ1n) is 20.9. The zero-order valence-electron chi connectivity index (χ0n) is 36.3. The highest BCUT2D eigenvalue weighted by molar-refractivity contribution is 8.76. The summed E-state index contributed by atoms with van der Waals surface area (Å²) in [5, 5.41) is 15.8. The second-order valence-corrected chi connectivity index (χ2v) is 19.3. The number of primary amides is 1. The van der Waals surface area contributed by atoms with Crippen LogP contribution in [0.3, 0.4) is 0 Å². The Kier molecular flexibility index (Phi) is 22.1. The van der Waals surface area contributed by atoms with Gasteiger partial charge in [0.15, 0.2) is 11.9 Å². The van der Waals surface area contributed by atoms with Crippen molar-refractivity contribution in [3.8, 4) is 0 Å². The van der Waals surface area contributed by atoms with E-state index in [1.165, 1.54) is 28.5 Å². The summed E-state index contributed by atoms with van der Waals surface area (Å²) in [6.45, 7) is 4.70. The van der Waals surface area contributed by atoms with E-state index in [9.17, 15) is 43.2 Å². The maximum atomic E-state index is 14.2. The van der Waals surface area contributed by atoms with Crippen LogP contribution >= 0.6 is 33.3 Å². The van der Waals surface area contributed by atoms with Gasteiger partial charge in [-0.2, -0.15) is 0 Å². The molecule has 3 heterocycles. The van der Waals surface area contributed by atoms with Gasteiger partial charge in [0.2, 0.25) is 53.2 Å². The summed E-state index contributed by atoms with van der Waals surface area (Å²) >= 11 is 1.33. The molecule has 358 valence electrons. The van der Waals surface area contributed by atoms with E-state index in [4.69, 9.17) is 28.7 Å². The van der Waals surface area contributed by atoms with Crippen LogP contribution in [0.1, 0.15) is 65.7 Å². The lowest BCUT2D eigenvalue weighted by molar-refractivity contribution is -0.147. The number of guanidine groups is 2. The molecule has 24 nitrogen and oxygen atoms in total. The van der Waals surface area contributed by atoms with Crippen LogP contribution in [0.4, 0.5) is 0 Å². The Labute approximate surface area is 383 Å². The Bertz CT molecular complexity index is 1770.